The first-order chi connectivity index (χ1) is 11.5. The Morgan fingerprint density at radius 3 is 2.67 bits per heavy atom. The molecule has 130 valence electrons. The van der Waals surface area contributed by atoms with E-state index in [0.717, 1.165) is 17.7 Å². The molecular formula is C17H20FNO3S2. The largest absolute Gasteiger partial charge is 0.381 e. The van der Waals surface area contributed by atoms with Crippen LogP contribution in [0.15, 0.2) is 40.6 Å². The third-order valence-corrected chi connectivity index (χ3v) is 6.70. The lowest BCUT2D eigenvalue weighted by Gasteiger charge is -2.30. The summed E-state index contributed by atoms with van der Waals surface area (Å²) in [5.41, 5.74) is 0.316. The molecule has 1 atom stereocenters. The molecule has 2 heterocycles. The quantitative estimate of drug-likeness (QED) is 0.875. The number of nitrogens with one attached hydrogen (secondary N) is 1. The predicted molar refractivity (Wildman–Crippen MR) is 92.1 cm³/mol. The number of aryl methyl sites for hydroxylation is 1. The van der Waals surface area contributed by atoms with Crippen molar-refractivity contribution in [3.8, 4) is 0 Å². The van der Waals surface area contributed by atoms with Gasteiger partial charge in [-0.3, -0.25) is 0 Å². The molecule has 1 N–H and O–H groups in total. The van der Waals surface area contributed by atoms with Crippen LogP contribution in [-0.4, -0.2) is 21.6 Å². The predicted octanol–water partition coefficient (Wildman–Crippen LogP) is 3.64. The highest BCUT2D eigenvalue weighted by Crippen LogP contribution is 2.34. The lowest BCUT2D eigenvalue weighted by Crippen LogP contribution is -2.35. The summed E-state index contributed by atoms with van der Waals surface area (Å²) >= 11 is 1.54. The van der Waals surface area contributed by atoms with Gasteiger partial charge in [-0.1, -0.05) is 6.07 Å². The molecule has 2 aromatic rings. The summed E-state index contributed by atoms with van der Waals surface area (Å²) in [7, 11) is -3.72. The van der Waals surface area contributed by atoms with Crippen LogP contribution in [0.25, 0.3) is 0 Å². The molecule has 0 saturated carbocycles. The minimum absolute atomic E-state index is 0.0926. The Kier molecular flexibility index (Phi) is 5.34. The summed E-state index contributed by atoms with van der Waals surface area (Å²) in [6, 6.07) is 7.45. The highest BCUT2D eigenvalue weighted by molar-refractivity contribution is 7.89. The summed E-state index contributed by atoms with van der Waals surface area (Å²) in [6.07, 6.45) is 1.63. The van der Waals surface area contributed by atoms with E-state index in [0.29, 0.717) is 18.8 Å². The minimum Gasteiger partial charge on any atom is -0.381 e. The van der Waals surface area contributed by atoms with Crippen LogP contribution in [-0.2, 0) is 14.8 Å². The van der Waals surface area contributed by atoms with E-state index >= 15 is 0 Å². The van der Waals surface area contributed by atoms with Gasteiger partial charge < -0.3 is 4.74 Å². The zero-order valence-electron chi connectivity index (χ0n) is 13.4. The van der Waals surface area contributed by atoms with Gasteiger partial charge >= 0.3 is 0 Å². The van der Waals surface area contributed by atoms with Crippen molar-refractivity contribution in [1.29, 1.82) is 0 Å². The molecule has 1 fully saturated rings. The van der Waals surface area contributed by atoms with E-state index in [2.05, 4.69) is 4.72 Å². The average molecular weight is 369 g/mol. The van der Waals surface area contributed by atoms with Gasteiger partial charge in [0.1, 0.15) is 5.82 Å². The van der Waals surface area contributed by atoms with Crippen molar-refractivity contribution in [3.63, 3.8) is 0 Å². The molecule has 0 amide bonds. The van der Waals surface area contributed by atoms with Gasteiger partial charge in [-0.15, -0.1) is 11.3 Å². The second-order valence-electron chi connectivity index (χ2n) is 5.98. The van der Waals surface area contributed by atoms with Crippen molar-refractivity contribution in [1.82, 2.24) is 4.72 Å². The van der Waals surface area contributed by atoms with Crippen molar-refractivity contribution in [3.05, 3.63) is 52.0 Å². The van der Waals surface area contributed by atoms with Crippen LogP contribution in [0.3, 0.4) is 0 Å². The van der Waals surface area contributed by atoms with E-state index in [-0.39, 0.29) is 16.9 Å². The van der Waals surface area contributed by atoms with Crippen LogP contribution in [0.1, 0.15) is 29.3 Å². The van der Waals surface area contributed by atoms with Gasteiger partial charge in [-0.05, 0) is 60.9 Å². The molecule has 4 nitrogen and oxygen atoms in total. The second-order valence-corrected chi connectivity index (χ2v) is 8.67. The Morgan fingerprint density at radius 1 is 1.29 bits per heavy atom. The number of thiophene rings is 1. The van der Waals surface area contributed by atoms with E-state index in [4.69, 9.17) is 4.74 Å². The summed E-state index contributed by atoms with van der Waals surface area (Å²) in [5, 5.41) is 1.94. The molecule has 0 radical (unpaired) electrons. The van der Waals surface area contributed by atoms with Gasteiger partial charge in [0.15, 0.2) is 0 Å². The topological polar surface area (TPSA) is 55.4 Å². The minimum atomic E-state index is -3.72. The van der Waals surface area contributed by atoms with Gasteiger partial charge in [-0.25, -0.2) is 17.5 Å². The number of hydrogen-bond donors (Lipinski definition) is 1. The molecular weight excluding hydrogens is 349 g/mol. The molecule has 24 heavy (non-hydrogen) atoms. The number of ether oxygens (including phenoxy) is 1. The fourth-order valence-corrected chi connectivity index (χ4v) is 5.24. The second kappa shape index (κ2) is 7.31. The summed E-state index contributed by atoms with van der Waals surface area (Å²) in [6.45, 7) is 2.84. The van der Waals surface area contributed by atoms with Crippen molar-refractivity contribution in [2.75, 3.05) is 13.2 Å². The molecule has 0 bridgehead atoms. The van der Waals surface area contributed by atoms with Crippen molar-refractivity contribution < 1.29 is 17.5 Å². The lowest BCUT2D eigenvalue weighted by atomic mass is 9.91. The molecule has 1 saturated heterocycles. The first kappa shape index (κ1) is 17.5. The molecule has 1 aromatic carbocycles. The first-order valence-electron chi connectivity index (χ1n) is 7.87. The monoisotopic (exact) mass is 369 g/mol. The van der Waals surface area contributed by atoms with E-state index in [1.165, 1.54) is 29.5 Å². The molecule has 0 aliphatic carbocycles. The Balaban J connectivity index is 1.89. The third kappa shape index (κ3) is 3.85. The lowest BCUT2D eigenvalue weighted by molar-refractivity contribution is 0.0568. The zero-order valence-corrected chi connectivity index (χ0v) is 15.0. The van der Waals surface area contributed by atoms with Crippen LogP contribution >= 0.6 is 11.3 Å². The van der Waals surface area contributed by atoms with Gasteiger partial charge in [0, 0.05) is 18.1 Å². The number of hydrogen-bond acceptors (Lipinski definition) is 4. The van der Waals surface area contributed by atoms with Crippen LogP contribution in [0.4, 0.5) is 4.39 Å². The average Bonchev–Trinajstić information content (AvgIpc) is 3.10. The highest BCUT2D eigenvalue weighted by Gasteiger charge is 2.30. The summed E-state index contributed by atoms with van der Waals surface area (Å²) < 4.78 is 47.2. The number of benzene rings is 1. The SMILES string of the molecule is Cc1cc(S(=O)(=O)NC(c2cccs2)C2CCOCC2)ccc1F. The van der Waals surface area contributed by atoms with Crippen LogP contribution in [0.2, 0.25) is 0 Å². The van der Waals surface area contributed by atoms with E-state index in [1.807, 2.05) is 17.5 Å². The van der Waals surface area contributed by atoms with Crippen molar-refractivity contribution in [2.45, 2.75) is 30.7 Å². The van der Waals surface area contributed by atoms with Gasteiger partial charge in [0.2, 0.25) is 10.0 Å². The molecule has 1 aliphatic heterocycles. The normalized spacial score (nSPS) is 17.8. The third-order valence-electron chi connectivity index (χ3n) is 4.31. The van der Waals surface area contributed by atoms with Crippen LogP contribution < -0.4 is 4.72 Å². The van der Waals surface area contributed by atoms with Crippen LogP contribution in [0.5, 0.6) is 0 Å². The maximum atomic E-state index is 13.4. The van der Waals surface area contributed by atoms with E-state index < -0.39 is 15.8 Å². The number of halogens is 1. The van der Waals surface area contributed by atoms with E-state index in [9.17, 15) is 12.8 Å². The standard InChI is InChI=1S/C17H20FNO3S2/c1-12-11-14(4-5-15(12)18)24(20,21)19-17(16-3-2-10-23-16)13-6-8-22-9-7-13/h2-5,10-11,13,17,19H,6-9H2,1H3. The Labute approximate surface area is 145 Å². The van der Waals surface area contributed by atoms with Crippen molar-refractivity contribution in [2.24, 2.45) is 5.92 Å². The molecule has 0 spiro atoms. The maximum Gasteiger partial charge on any atom is 0.241 e. The summed E-state index contributed by atoms with van der Waals surface area (Å²) in [5.74, 6) is -0.220. The number of rotatable bonds is 5. The van der Waals surface area contributed by atoms with E-state index in [1.54, 1.807) is 6.92 Å². The van der Waals surface area contributed by atoms with Gasteiger partial charge in [-0.2, -0.15) is 0 Å². The summed E-state index contributed by atoms with van der Waals surface area (Å²) in [4.78, 5) is 1.08. The Morgan fingerprint density at radius 2 is 2.04 bits per heavy atom. The fraction of sp³-hybridized carbons (Fsp3) is 0.412. The fourth-order valence-electron chi connectivity index (χ4n) is 2.92. The van der Waals surface area contributed by atoms with Gasteiger partial charge in [0.05, 0.1) is 10.9 Å². The molecule has 3 rings (SSSR count). The Hall–Kier alpha value is -1.28. The maximum absolute atomic E-state index is 13.4. The van der Waals surface area contributed by atoms with Crippen LogP contribution in [0, 0.1) is 18.7 Å². The molecule has 7 heteroatoms. The first-order valence-corrected chi connectivity index (χ1v) is 10.2. The van der Waals surface area contributed by atoms with Crippen molar-refractivity contribution >= 4 is 21.4 Å². The number of sulfonamides is 1. The van der Waals surface area contributed by atoms with Gasteiger partial charge in [0.25, 0.3) is 0 Å². The highest BCUT2D eigenvalue weighted by atomic mass is 32.2. The molecule has 1 aromatic heterocycles. The molecule has 1 unspecified atom stereocenters. The zero-order chi connectivity index (χ0) is 17.2. The molecule has 1 aliphatic rings. The smallest absolute Gasteiger partial charge is 0.241 e. The Bertz CT molecular complexity index is 784.